The fourth-order valence-electron chi connectivity index (χ4n) is 5.13. The van der Waals surface area contributed by atoms with Gasteiger partial charge in [-0.05, 0) is 32.5 Å². The Bertz CT molecular complexity index is 1510. The van der Waals surface area contributed by atoms with E-state index in [-0.39, 0.29) is 23.3 Å². The van der Waals surface area contributed by atoms with E-state index in [4.69, 9.17) is 4.74 Å². The summed E-state index contributed by atoms with van der Waals surface area (Å²) in [5.41, 5.74) is -2.32. The number of hydrogen-bond donors (Lipinski definition) is 2. The smallest absolute Gasteiger partial charge is 0.379 e. The van der Waals surface area contributed by atoms with Gasteiger partial charge in [-0.1, -0.05) is 0 Å². The molecule has 2 atom stereocenters. The van der Waals surface area contributed by atoms with Gasteiger partial charge in [-0.15, -0.1) is 0 Å². The predicted octanol–water partition coefficient (Wildman–Crippen LogP) is 3.61. The average Bonchev–Trinajstić information content (AvgIpc) is 3.50. The fraction of sp³-hybridized carbons (Fsp3) is 0.429. The van der Waals surface area contributed by atoms with Gasteiger partial charge >= 0.3 is 6.18 Å². The molecule has 0 aliphatic carbocycles. The number of aromatic amines is 1. The van der Waals surface area contributed by atoms with Crippen molar-refractivity contribution in [2.75, 3.05) is 62.1 Å². The molecule has 224 valence electrons. The van der Waals surface area contributed by atoms with Crippen LogP contribution in [0.4, 0.5) is 34.9 Å². The number of alkyl halides is 3. The molecule has 1 amide bonds. The van der Waals surface area contributed by atoms with E-state index in [1.807, 2.05) is 30.8 Å². The Morgan fingerprint density at radius 1 is 1.19 bits per heavy atom. The van der Waals surface area contributed by atoms with E-state index < -0.39 is 34.6 Å². The van der Waals surface area contributed by atoms with Crippen LogP contribution >= 0.6 is 0 Å². The Hall–Kier alpha value is -4.04. The first-order chi connectivity index (χ1) is 19.9. The standard InChI is InChI=1S/C28H31F4N7O3/c1-16-14-39(6-5-37(16)2)24-10-22(29)19(17-11-34-27(35-12-17)38(3)18-4-7-42-15-18)8-23(24)36-26(41)20-13-33-25(40)9-21(20)28(30,31)32/h8-13,16,18H,4-7,14-15H2,1-3H3,(H,33,40)(H,36,41)/t16-,18-/m0/s1. The van der Waals surface area contributed by atoms with Crippen molar-refractivity contribution in [2.24, 2.45) is 0 Å². The minimum absolute atomic E-state index is 0.0622. The number of anilines is 3. The molecule has 2 aliphatic heterocycles. The molecule has 2 aromatic heterocycles. The lowest BCUT2D eigenvalue weighted by Crippen LogP contribution is -2.50. The first kappa shape index (κ1) is 29.5. The van der Waals surface area contributed by atoms with Crippen molar-refractivity contribution in [2.45, 2.75) is 31.6 Å². The number of amides is 1. The zero-order valence-corrected chi connectivity index (χ0v) is 23.3. The number of ether oxygens (including phenoxy) is 1. The summed E-state index contributed by atoms with van der Waals surface area (Å²) in [5.74, 6) is -1.28. The topological polar surface area (TPSA) is 107 Å². The molecule has 3 aromatic rings. The van der Waals surface area contributed by atoms with Gasteiger partial charge in [-0.2, -0.15) is 13.2 Å². The normalized spacial score (nSPS) is 19.6. The SMILES string of the molecule is C[C@H]1CN(c2cc(F)c(-c3cnc(N(C)[C@H]4CCOC4)nc3)cc2NC(=O)c2c[nH]c(=O)cc2C(F)(F)F)CCN1C. The Morgan fingerprint density at radius 2 is 1.93 bits per heavy atom. The van der Waals surface area contributed by atoms with Gasteiger partial charge in [0.05, 0.1) is 35.2 Å². The van der Waals surface area contributed by atoms with Crippen molar-refractivity contribution in [1.29, 1.82) is 0 Å². The maximum Gasteiger partial charge on any atom is 0.417 e. The number of carbonyl (C=O) groups excluding carboxylic acids is 1. The van der Waals surface area contributed by atoms with Crippen LogP contribution in [-0.2, 0) is 10.9 Å². The number of carbonyl (C=O) groups is 1. The number of benzene rings is 1. The lowest BCUT2D eigenvalue weighted by Gasteiger charge is -2.39. The second kappa shape index (κ2) is 11.7. The minimum Gasteiger partial charge on any atom is -0.379 e. The number of pyridine rings is 1. The van der Waals surface area contributed by atoms with E-state index >= 15 is 4.39 Å². The third-order valence-corrected chi connectivity index (χ3v) is 7.83. The molecule has 42 heavy (non-hydrogen) atoms. The van der Waals surface area contributed by atoms with Gasteiger partial charge in [0.15, 0.2) is 0 Å². The lowest BCUT2D eigenvalue weighted by atomic mass is 10.0. The lowest BCUT2D eigenvalue weighted by molar-refractivity contribution is -0.138. The van der Waals surface area contributed by atoms with Crippen molar-refractivity contribution in [3.63, 3.8) is 0 Å². The number of likely N-dealkylation sites (N-methyl/N-ethyl adjacent to an activating group) is 2. The highest BCUT2D eigenvalue weighted by molar-refractivity contribution is 6.07. The largest absolute Gasteiger partial charge is 0.417 e. The Balaban J connectivity index is 1.52. The van der Waals surface area contributed by atoms with E-state index in [1.54, 1.807) is 0 Å². The summed E-state index contributed by atoms with van der Waals surface area (Å²) in [6.45, 7) is 4.86. The van der Waals surface area contributed by atoms with Crippen LogP contribution in [0.25, 0.3) is 11.1 Å². The Morgan fingerprint density at radius 3 is 2.57 bits per heavy atom. The summed E-state index contributed by atoms with van der Waals surface area (Å²) in [6, 6.07) is 3.19. The Kier molecular flexibility index (Phi) is 8.19. The number of halogens is 4. The van der Waals surface area contributed by atoms with Gasteiger partial charge in [-0.25, -0.2) is 14.4 Å². The molecule has 2 aliphatic rings. The van der Waals surface area contributed by atoms with Gasteiger partial charge in [-0.3, -0.25) is 9.59 Å². The molecule has 0 radical (unpaired) electrons. The molecule has 1 aromatic carbocycles. The molecule has 0 spiro atoms. The average molecular weight is 590 g/mol. The summed E-state index contributed by atoms with van der Waals surface area (Å²) in [7, 11) is 3.81. The highest BCUT2D eigenvalue weighted by atomic mass is 19.4. The zero-order valence-electron chi connectivity index (χ0n) is 23.3. The van der Waals surface area contributed by atoms with E-state index in [0.29, 0.717) is 56.1 Å². The molecule has 0 saturated carbocycles. The minimum atomic E-state index is -4.94. The van der Waals surface area contributed by atoms with Crippen LogP contribution in [0.3, 0.4) is 0 Å². The fourth-order valence-corrected chi connectivity index (χ4v) is 5.13. The quantitative estimate of drug-likeness (QED) is 0.421. The number of hydrogen-bond acceptors (Lipinski definition) is 8. The van der Waals surface area contributed by atoms with Crippen molar-refractivity contribution in [3.05, 3.63) is 64.1 Å². The van der Waals surface area contributed by atoms with E-state index in [9.17, 15) is 22.8 Å². The van der Waals surface area contributed by atoms with Crippen LogP contribution < -0.4 is 20.7 Å². The number of nitrogens with zero attached hydrogens (tertiary/aromatic N) is 5. The predicted molar refractivity (Wildman–Crippen MR) is 149 cm³/mol. The first-order valence-corrected chi connectivity index (χ1v) is 13.5. The van der Waals surface area contributed by atoms with Crippen LogP contribution in [0.5, 0.6) is 0 Å². The van der Waals surface area contributed by atoms with Crippen molar-refractivity contribution < 1.29 is 27.1 Å². The van der Waals surface area contributed by atoms with Crippen LogP contribution in [-0.4, -0.2) is 84.8 Å². The third-order valence-electron chi connectivity index (χ3n) is 7.83. The molecule has 14 heteroatoms. The van der Waals surface area contributed by atoms with E-state index in [2.05, 4.69) is 25.2 Å². The summed E-state index contributed by atoms with van der Waals surface area (Å²) in [5, 5.41) is 2.54. The van der Waals surface area contributed by atoms with Crippen LogP contribution in [0.1, 0.15) is 29.3 Å². The highest BCUT2D eigenvalue weighted by Gasteiger charge is 2.36. The van der Waals surface area contributed by atoms with Gasteiger partial charge in [0, 0.05) is 75.1 Å². The molecule has 2 saturated heterocycles. The second-order valence-corrected chi connectivity index (χ2v) is 10.6. The molecule has 2 N–H and O–H groups in total. The second-order valence-electron chi connectivity index (χ2n) is 10.6. The number of piperazine rings is 1. The molecule has 0 bridgehead atoms. The molecule has 5 rings (SSSR count). The zero-order chi connectivity index (χ0) is 30.2. The summed E-state index contributed by atoms with van der Waals surface area (Å²) >= 11 is 0. The summed E-state index contributed by atoms with van der Waals surface area (Å²) < 4.78 is 62.1. The number of aromatic nitrogens is 3. The van der Waals surface area contributed by atoms with Gasteiger partial charge in [0.1, 0.15) is 5.82 Å². The van der Waals surface area contributed by atoms with Crippen LogP contribution in [0.15, 0.2) is 41.6 Å². The van der Waals surface area contributed by atoms with Crippen molar-refractivity contribution in [1.82, 2.24) is 19.9 Å². The molecule has 2 fully saturated rings. The summed E-state index contributed by atoms with van der Waals surface area (Å²) in [6.07, 6.45) is -0.473. The van der Waals surface area contributed by atoms with Gasteiger partial charge < -0.3 is 29.7 Å². The third kappa shape index (κ3) is 6.09. The summed E-state index contributed by atoms with van der Waals surface area (Å²) in [4.78, 5) is 41.6. The van der Waals surface area contributed by atoms with Crippen LogP contribution in [0.2, 0.25) is 0 Å². The molecular weight excluding hydrogens is 558 g/mol. The Labute approximate surface area is 239 Å². The molecule has 10 nitrogen and oxygen atoms in total. The number of nitrogens with one attached hydrogen (secondary N) is 2. The monoisotopic (exact) mass is 589 g/mol. The highest BCUT2D eigenvalue weighted by Crippen LogP contribution is 2.37. The maximum absolute atomic E-state index is 15.7. The maximum atomic E-state index is 15.7. The molecule has 0 unspecified atom stereocenters. The first-order valence-electron chi connectivity index (χ1n) is 13.5. The molecule has 4 heterocycles. The van der Waals surface area contributed by atoms with Gasteiger partial charge in [0.25, 0.3) is 5.91 Å². The van der Waals surface area contributed by atoms with Crippen molar-refractivity contribution >= 4 is 23.2 Å². The molecular formula is C28H31F4N7O3. The van der Waals surface area contributed by atoms with E-state index in [0.717, 1.165) is 12.6 Å². The van der Waals surface area contributed by atoms with Crippen molar-refractivity contribution in [3.8, 4) is 11.1 Å². The van der Waals surface area contributed by atoms with Crippen LogP contribution in [0, 0.1) is 5.82 Å². The van der Waals surface area contributed by atoms with E-state index in [1.165, 1.54) is 24.5 Å². The number of rotatable bonds is 6. The van der Waals surface area contributed by atoms with Gasteiger partial charge in [0.2, 0.25) is 11.5 Å². The number of H-pyrrole nitrogens is 1.